The fourth-order valence-corrected chi connectivity index (χ4v) is 8.13. The molecule has 2 aliphatic rings. The van der Waals surface area contributed by atoms with Crippen LogP contribution in [-0.2, 0) is 32.3 Å². The maximum atomic E-state index is 12.7. The summed E-state index contributed by atoms with van der Waals surface area (Å²) in [6.07, 6.45) is 0. The summed E-state index contributed by atoms with van der Waals surface area (Å²) in [5.41, 5.74) is 1.94. The average Bonchev–Trinajstić information content (AvgIpc) is 3.41. The number of carbonyl (C=O) groups excluding carboxylic acids is 4. The number of ether oxygens (including phenoxy) is 2. The van der Waals surface area contributed by atoms with Crippen LogP contribution in [0.3, 0.4) is 0 Å². The van der Waals surface area contributed by atoms with Crippen molar-refractivity contribution < 1.29 is 28.7 Å². The van der Waals surface area contributed by atoms with Crippen LogP contribution in [0, 0.1) is 0 Å². The summed E-state index contributed by atoms with van der Waals surface area (Å²) in [6, 6.07) is 11.6. The third kappa shape index (κ3) is 10.5. The standard InChI is InChI=1S/C28H34N4O6S4.C2H6/c1-37-21-3-5-23-19(15-21)17-31(9-13-39-23)27(35)25(33)29-7-11-41-42-12-8-30-26(34)28(36)32-10-14-40-24-6-4-22(38-2)16-20(24)18-32;1-2/h3-6,15-16H,7-14,17-18H2,1-2H3,(H,29,33)(H,30,34);1-2H3. The number of carbonyl (C=O) groups is 4. The lowest BCUT2D eigenvalue weighted by atomic mass is 10.2. The molecular weight excluding hydrogens is 641 g/mol. The number of nitrogens with one attached hydrogen (secondary N) is 2. The molecule has 0 unspecified atom stereocenters. The van der Waals surface area contributed by atoms with Gasteiger partial charge in [0.15, 0.2) is 0 Å². The molecule has 10 nitrogen and oxygen atoms in total. The molecule has 2 aromatic carbocycles. The minimum absolute atomic E-state index is 0.347. The van der Waals surface area contributed by atoms with Gasteiger partial charge in [-0.05, 0) is 47.5 Å². The maximum Gasteiger partial charge on any atom is 0.312 e. The molecule has 4 amide bonds. The molecule has 0 bridgehead atoms. The van der Waals surface area contributed by atoms with E-state index in [1.165, 1.54) is 21.6 Å². The van der Waals surface area contributed by atoms with Gasteiger partial charge in [0.25, 0.3) is 0 Å². The molecule has 44 heavy (non-hydrogen) atoms. The van der Waals surface area contributed by atoms with Crippen molar-refractivity contribution in [1.29, 1.82) is 0 Å². The highest BCUT2D eigenvalue weighted by molar-refractivity contribution is 8.76. The predicted octanol–water partition coefficient (Wildman–Crippen LogP) is 3.91. The Hall–Kier alpha value is -2.68. The number of rotatable bonds is 9. The summed E-state index contributed by atoms with van der Waals surface area (Å²) in [4.78, 5) is 55.8. The van der Waals surface area contributed by atoms with Crippen LogP contribution in [0.5, 0.6) is 11.5 Å². The molecule has 0 atom stereocenters. The number of amides is 4. The lowest BCUT2D eigenvalue weighted by Gasteiger charge is -2.20. The third-order valence-corrected chi connectivity index (χ3v) is 11.1. The van der Waals surface area contributed by atoms with Crippen molar-refractivity contribution in [1.82, 2.24) is 20.4 Å². The highest BCUT2D eigenvalue weighted by Crippen LogP contribution is 2.31. The molecule has 2 aliphatic heterocycles. The molecule has 2 aromatic rings. The molecule has 14 heteroatoms. The molecule has 0 radical (unpaired) electrons. The summed E-state index contributed by atoms with van der Waals surface area (Å²) in [7, 11) is 6.25. The van der Waals surface area contributed by atoms with Gasteiger partial charge in [-0.25, -0.2) is 0 Å². The lowest BCUT2D eigenvalue weighted by Crippen LogP contribution is -2.44. The first-order chi connectivity index (χ1) is 21.4. The van der Waals surface area contributed by atoms with Crippen molar-refractivity contribution in [2.75, 3.05) is 63.4 Å². The number of hydrogen-bond acceptors (Lipinski definition) is 10. The van der Waals surface area contributed by atoms with Gasteiger partial charge in [0.05, 0.1) is 14.2 Å². The first-order valence-electron chi connectivity index (χ1n) is 14.4. The fraction of sp³-hybridized carbons (Fsp3) is 0.467. The Balaban J connectivity index is 0.00000259. The van der Waals surface area contributed by atoms with Gasteiger partial charge in [-0.1, -0.05) is 35.4 Å². The average molecular weight is 681 g/mol. The van der Waals surface area contributed by atoms with Crippen molar-refractivity contribution in [3.63, 3.8) is 0 Å². The number of benzene rings is 2. The molecule has 0 aromatic heterocycles. The van der Waals surface area contributed by atoms with Crippen LogP contribution in [0.25, 0.3) is 0 Å². The molecule has 0 spiro atoms. The molecule has 2 heterocycles. The van der Waals surface area contributed by atoms with E-state index < -0.39 is 23.6 Å². The van der Waals surface area contributed by atoms with Crippen LogP contribution in [0.2, 0.25) is 0 Å². The molecule has 4 rings (SSSR count). The first-order valence-corrected chi connectivity index (χ1v) is 18.8. The van der Waals surface area contributed by atoms with Crippen LogP contribution in [0.4, 0.5) is 0 Å². The van der Waals surface area contributed by atoms with Crippen LogP contribution < -0.4 is 20.1 Å². The first kappa shape index (κ1) is 35.8. The maximum absolute atomic E-state index is 12.7. The van der Waals surface area contributed by atoms with E-state index in [0.717, 1.165) is 32.4 Å². The monoisotopic (exact) mass is 680 g/mol. The van der Waals surface area contributed by atoms with E-state index in [4.69, 9.17) is 9.47 Å². The van der Waals surface area contributed by atoms with Gasteiger partial charge in [0.2, 0.25) is 0 Å². The van der Waals surface area contributed by atoms with Crippen LogP contribution in [0.1, 0.15) is 25.0 Å². The van der Waals surface area contributed by atoms with Crippen LogP contribution >= 0.6 is 45.1 Å². The van der Waals surface area contributed by atoms with Crippen molar-refractivity contribution in [3.8, 4) is 11.5 Å². The van der Waals surface area contributed by atoms with Crippen molar-refractivity contribution in [2.24, 2.45) is 0 Å². The van der Waals surface area contributed by atoms with Gasteiger partial charge in [-0.2, -0.15) is 0 Å². The second-order valence-corrected chi connectivity index (χ2v) is 14.2. The number of fused-ring (bicyclic) bond motifs is 2. The summed E-state index contributed by atoms with van der Waals surface area (Å²) in [5.74, 6) is 1.76. The minimum atomic E-state index is -0.615. The molecule has 0 saturated heterocycles. The summed E-state index contributed by atoms with van der Waals surface area (Å²) >= 11 is 3.33. The Morgan fingerprint density at radius 1 is 0.727 bits per heavy atom. The highest BCUT2D eigenvalue weighted by atomic mass is 33.1. The van der Waals surface area contributed by atoms with E-state index in [1.807, 2.05) is 50.2 Å². The van der Waals surface area contributed by atoms with Crippen molar-refractivity contribution in [2.45, 2.75) is 36.7 Å². The minimum Gasteiger partial charge on any atom is -0.497 e. The molecule has 2 N–H and O–H groups in total. The Morgan fingerprint density at radius 3 is 1.52 bits per heavy atom. The SMILES string of the molecule is CC.COc1ccc2c(c1)CN(C(=O)C(=O)NCCSSCCNC(=O)C(=O)N1CCSc3ccc(OC)cc3C1)CCS2. The van der Waals surface area contributed by atoms with Gasteiger partial charge in [0.1, 0.15) is 11.5 Å². The Kier molecular flexibility index (Phi) is 15.4. The third-order valence-electron chi connectivity index (χ3n) is 6.48. The normalized spacial score (nSPS) is 14.0. The fourth-order valence-electron chi connectivity index (χ4n) is 4.31. The Bertz CT molecular complexity index is 1200. The predicted molar refractivity (Wildman–Crippen MR) is 181 cm³/mol. The second-order valence-electron chi connectivity index (χ2n) is 9.25. The number of thioether (sulfide) groups is 2. The number of nitrogens with zero attached hydrogens (tertiary/aromatic N) is 2. The molecule has 240 valence electrons. The van der Waals surface area contributed by atoms with Gasteiger partial charge < -0.3 is 29.9 Å². The lowest BCUT2D eigenvalue weighted by molar-refractivity contribution is -0.146. The van der Waals surface area contributed by atoms with Gasteiger partial charge >= 0.3 is 23.6 Å². The zero-order valence-electron chi connectivity index (χ0n) is 25.5. The quantitative estimate of drug-likeness (QED) is 0.230. The van der Waals surface area contributed by atoms with E-state index in [1.54, 1.807) is 47.5 Å². The summed E-state index contributed by atoms with van der Waals surface area (Å²) in [5, 5.41) is 5.40. The molecule has 0 saturated carbocycles. The number of hydrogen-bond donors (Lipinski definition) is 2. The van der Waals surface area contributed by atoms with E-state index in [9.17, 15) is 19.2 Å². The second kappa shape index (κ2) is 19.0. The smallest absolute Gasteiger partial charge is 0.312 e. The summed E-state index contributed by atoms with van der Waals surface area (Å²) < 4.78 is 10.6. The van der Waals surface area contributed by atoms with Gasteiger partial charge in [0, 0.05) is 72.1 Å². The largest absolute Gasteiger partial charge is 0.497 e. The Morgan fingerprint density at radius 2 is 1.14 bits per heavy atom. The molecule has 0 aliphatic carbocycles. The zero-order chi connectivity index (χ0) is 31.9. The topological polar surface area (TPSA) is 117 Å². The molecule has 0 fully saturated rings. The van der Waals surface area contributed by atoms with Gasteiger partial charge in [-0.3, -0.25) is 19.2 Å². The van der Waals surface area contributed by atoms with E-state index in [2.05, 4.69) is 10.6 Å². The molecular formula is C30H40N4O6S4. The Labute approximate surface area is 275 Å². The highest BCUT2D eigenvalue weighted by Gasteiger charge is 2.26. The van der Waals surface area contributed by atoms with Gasteiger partial charge in [-0.15, -0.1) is 23.5 Å². The van der Waals surface area contributed by atoms with Crippen LogP contribution in [-0.4, -0.2) is 96.8 Å². The zero-order valence-corrected chi connectivity index (χ0v) is 28.8. The van der Waals surface area contributed by atoms with E-state index in [0.29, 0.717) is 62.3 Å². The van der Waals surface area contributed by atoms with Crippen molar-refractivity contribution >= 4 is 68.7 Å². The van der Waals surface area contributed by atoms with Crippen LogP contribution in [0.15, 0.2) is 46.2 Å². The summed E-state index contributed by atoms with van der Waals surface area (Å²) in [6.45, 7) is 6.41. The van der Waals surface area contributed by atoms with Crippen molar-refractivity contribution in [3.05, 3.63) is 47.5 Å². The number of methoxy groups -OCH3 is 2. The van der Waals surface area contributed by atoms with E-state index in [-0.39, 0.29) is 0 Å². The van der Waals surface area contributed by atoms with E-state index >= 15 is 0 Å².